The van der Waals surface area contributed by atoms with Crippen molar-refractivity contribution in [3.05, 3.63) is 35.4 Å². The van der Waals surface area contributed by atoms with Gasteiger partial charge in [-0.25, -0.2) is 0 Å². The SMILES string of the molecule is CC(C)n1nc(N)cc1-c1cccc(Cl)c1. The zero-order chi connectivity index (χ0) is 11.7. The zero-order valence-electron chi connectivity index (χ0n) is 9.31. The van der Waals surface area contributed by atoms with Gasteiger partial charge in [-0.2, -0.15) is 5.10 Å². The largest absolute Gasteiger partial charge is 0.382 e. The highest BCUT2D eigenvalue weighted by molar-refractivity contribution is 6.30. The predicted molar refractivity (Wildman–Crippen MR) is 67.5 cm³/mol. The van der Waals surface area contributed by atoms with Gasteiger partial charge in [0.25, 0.3) is 0 Å². The molecule has 0 radical (unpaired) electrons. The molecule has 0 unspecified atom stereocenters. The second kappa shape index (κ2) is 4.18. The number of benzene rings is 1. The fraction of sp³-hybridized carbons (Fsp3) is 0.250. The van der Waals surface area contributed by atoms with E-state index in [-0.39, 0.29) is 6.04 Å². The van der Waals surface area contributed by atoms with Gasteiger partial charge in [0.05, 0.1) is 5.69 Å². The van der Waals surface area contributed by atoms with E-state index in [1.54, 1.807) is 0 Å². The minimum Gasteiger partial charge on any atom is -0.382 e. The maximum Gasteiger partial charge on any atom is 0.146 e. The van der Waals surface area contributed by atoms with Crippen LogP contribution < -0.4 is 5.73 Å². The van der Waals surface area contributed by atoms with Crippen molar-refractivity contribution in [2.45, 2.75) is 19.9 Å². The Morgan fingerprint density at radius 2 is 2.06 bits per heavy atom. The molecule has 84 valence electrons. The molecule has 0 saturated heterocycles. The Morgan fingerprint density at radius 3 is 2.69 bits per heavy atom. The van der Waals surface area contributed by atoms with E-state index in [4.69, 9.17) is 17.3 Å². The number of anilines is 1. The van der Waals surface area contributed by atoms with Crippen LogP contribution in [0.15, 0.2) is 30.3 Å². The van der Waals surface area contributed by atoms with Crippen LogP contribution in [0.1, 0.15) is 19.9 Å². The summed E-state index contributed by atoms with van der Waals surface area (Å²) in [7, 11) is 0. The van der Waals surface area contributed by atoms with Crippen molar-refractivity contribution in [1.29, 1.82) is 0 Å². The van der Waals surface area contributed by atoms with Crippen molar-refractivity contribution in [2.75, 3.05) is 5.73 Å². The average Bonchev–Trinajstić information content (AvgIpc) is 2.60. The third-order valence-corrected chi connectivity index (χ3v) is 2.60. The van der Waals surface area contributed by atoms with E-state index in [2.05, 4.69) is 18.9 Å². The Morgan fingerprint density at radius 1 is 1.31 bits per heavy atom. The molecule has 0 amide bonds. The summed E-state index contributed by atoms with van der Waals surface area (Å²) in [6.45, 7) is 4.14. The van der Waals surface area contributed by atoms with Crippen LogP contribution in [0.2, 0.25) is 5.02 Å². The summed E-state index contributed by atoms with van der Waals surface area (Å²) in [5, 5.41) is 4.98. The molecule has 2 aromatic rings. The van der Waals surface area contributed by atoms with Gasteiger partial charge in [0, 0.05) is 22.7 Å². The molecule has 0 aliphatic heterocycles. The smallest absolute Gasteiger partial charge is 0.146 e. The fourth-order valence-electron chi connectivity index (χ4n) is 1.67. The maximum atomic E-state index is 5.97. The molecule has 0 aliphatic carbocycles. The van der Waals surface area contributed by atoms with Crippen molar-refractivity contribution in [1.82, 2.24) is 9.78 Å². The molecule has 0 spiro atoms. The minimum atomic E-state index is 0.270. The van der Waals surface area contributed by atoms with Gasteiger partial charge < -0.3 is 5.73 Å². The van der Waals surface area contributed by atoms with E-state index in [9.17, 15) is 0 Å². The molecule has 0 saturated carbocycles. The molecule has 0 fully saturated rings. The molecule has 4 heteroatoms. The monoisotopic (exact) mass is 235 g/mol. The van der Waals surface area contributed by atoms with Crippen molar-refractivity contribution >= 4 is 17.4 Å². The fourth-order valence-corrected chi connectivity index (χ4v) is 1.86. The van der Waals surface area contributed by atoms with Gasteiger partial charge in [-0.15, -0.1) is 0 Å². The Kier molecular flexibility index (Phi) is 2.88. The Labute approximate surface area is 99.8 Å². The average molecular weight is 236 g/mol. The van der Waals surface area contributed by atoms with Crippen LogP contribution in [0.4, 0.5) is 5.82 Å². The molecule has 2 N–H and O–H groups in total. The minimum absolute atomic E-state index is 0.270. The van der Waals surface area contributed by atoms with Crippen LogP contribution in [0.25, 0.3) is 11.3 Å². The lowest BCUT2D eigenvalue weighted by molar-refractivity contribution is 0.540. The number of nitrogens with two attached hydrogens (primary N) is 1. The second-order valence-electron chi connectivity index (χ2n) is 4.00. The van der Waals surface area contributed by atoms with Crippen LogP contribution in [0, 0.1) is 0 Å². The Bertz CT molecular complexity index is 503. The van der Waals surface area contributed by atoms with Gasteiger partial charge in [0.15, 0.2) is 0 Å². The molecule has 0 atom stereocenters. The normalized spacial score (nSPS) is 11.0. The van der Waals surface area contributed by atoms with Gasteiger partial charge in [0.2, 0.25) is 0 Å². The van der Waals surface area contributed by atoms with Crippen LogP contribution in [-0.2, 0) is 0 Å². The summed E-state index contributed by atoms with van der Waals surface area (Å²) in [6.07, 6.45) is 0. The predicted octanol–water partition coefficient (Wildman–Crippen LogP) is 3.37. The van der Waals surface area contributed by atoms with Crippen LogP contribution in [-0.4, -0.2) is 9.78 Å². The first kappa shape index (κ1) is 11.0. The van der Waals surface area contributed by atoms with Gasteiger partial charge in [-0.3, -0.25) is 4.68 Å². The summed E-state index contributed by atoms with van der Waals surface area (Å²) in [6, 6.07) is 9.83. The number of hydrogen-bond acceptors (Lipinski definition) is 2. The topological polar surface area (TPSA) is 43.8 Å². The quantitative estimate of drug-likeness (QED) is 0.868. The van der Waals surface area contributed by atoms with Crippen LogP contribution >= 0.6 is 11.6 Å². The zero-order valence-corrected chi connectivity index (χ0v) is 10.1. The number of aromatic nitrogens is 2. The maximum absolute atomic E-state index is 5.97. The summed E-state index contributed by atoms with van der Waals surface area (Å²) in [5.74, 6) is 0.531. The van der Waals surface area contributed by atoms with Crippen LogP contribution in [0.3, 0.4) is 0 Å². The summed E-state index contributed by atoms with van der Waals surface area (Å²) >= 11 is 5.97. The van der Waals surface area contributed by atoms with E-state index in [1.807, 2.05) is 35.0 Å². The molecule has 16 heavy (non-hydrogen) atoms. The molecular formula is C12H14ClN3. The first-order valence-electron chi connectivity index (χ1n) is 5.19. The summed E-state index contributed by atoms with van der Waals surface area (Å²) < 4.78 is 1.90. The summed E-state index contributed by atoms with van der Waals surface area (Å²) in [5.41, 5.74) is 7.76. The third kappa shape index (κ3) is 2.04. The van der Waals surface area contributed by atoms with Gasteiger partial charge in [0.1, 0.15) is 5.82 Å². The highest BCUT2D eigenvalue weighted by Gasteiger charge is 2.10. The van der Waals surface area contributed by atoms with Crippen molar-refractivity contribution in [2.24, 2.45) is 0 Å². The van der Waals surface area contributed by atoms with Crippen molar-refractivity contribution < 1.29 is 0 Å². The number of halogens is 1. The van der Waals surface area contributed by atoms with E-state index >= 15 is 0 Å². The number of rotatable bonds is 2. The lowest BCUT2D eigenvalue weighted by Crippen LogP contribution is -2.05. The van der Waals surface area contributed by atoms with Gasteiger partial charge >= 0.3 is 0 Å². The standard InChI is InChI=1S/C12H14ClN3/c1-8(2)16-11(7-12(14)15-16)9-4-3-5-10(13)6-9/h3-8H,1-2H3,(H2,14,15). The summed E-state index contributed by atoms with van der Waals surface area (Å²) in [4.78, 5) is 0. The molecular weight excluding hydrogens is 222 g/mol. The lowest BCUT2D eigenvalue weighted by atomic mass is 10.1. The third-order valence-electron chi connectivity index (χ3n) is 2.36. The Balaban J connectivity index is 2.55. The van der Waals surface area contributed by atoms with E-state index in [0.717, 1.165) is 11.3 Å². The highest BCUT2D eigenvalue weighted by atomic mass is 35.5. The molecule has 3 nitrogen and oxygen atoms in total. The molecule has 0 bridgehead atoms. The van der Waals surface area contributed by atoms with Crippen molar-refractivity contribution in [3.63, 3.8) is 0 Å². The molecule has 0 aliphatic rings. The molecule has 1 aromatic carbocycles. The second-order valence-corrected chi connectivity index (χ2v) is 4.44. The van der Waals surface area contributed by atoms with E-state index in [1.165, 1.54) is 0 Å². The first-order valence-corrected chi connectivity index (χ1v) is 5.56. The van der Waals surface area contributed by atoms with Gasteiger partial charge in [-0.05, 0) is 26.0 Å². The Hall–Kier alpha value is -1.48. The van der Waals surface area contributed by atoms with E-state index in [0.29, 0.717) is 10.8 Å². The van der Waals surface area contributed by atoms with E-state index < -0.39 is 0 Å². The number of nitrogens with zero attached hydrogens (tertiary/aromatic N) is 2. The van der Waals surface area contributed by atoms with Crippen molar-refractivity contribution in [3.8, 4) is 11.3 Å². The molecule has 1 aromatic heterocycles. The lowest BCUT2D eigenvalue weighted by Gasteiger charge is -2.10. The van der Waals surface area contributed by atoms with Crippen LogP contribution in [0.5, 0.6) is 0 Å². The highest BCUT2D eigenvalue weighted by Crippen LogP contribution is 2.26. The molecule has 2 rings (SSSR count). The number of nitrogen functional groups attached to an aromatic ring is 1. The first-order chi connectivity index (χ1) is 7.58. The van der Waals surface area contributed by atoms with Gasteiger partial charge in [-0.1, -0.05) is 23.7 Å². The molecule has 1 heterocycles. The number of hydrogen-bond donors (Lipinski definition) is 1.